The third-order valence-corrected chi connectivity index (χ3v) is 4.25. The van der Waals surface area contributed by atoms with E-state index in [9.17, 15) is 4.79 Å². The summed E-state index contributed by atoms with van der Waals surface area (Å²) in [5.74, 6) is 0.174. The van der Waals surface area contributed by atoms with Crippen LogP contribution in [0, 0.1) is 0 Å². The number of carbonyl (C=O) groups excluding carboxylic acids is 1. The standard InChI is InChI=1S/C16H11BrN2O/c17-14-7-3-5-10-13(20)8-11-9-4-1-2-6-12(9)18-16(11)15(10)19-14/h1-4,6-7,18H,5,8H2. The van der Waals surface area contributed by atoms with Crippen molar-refractivity contribution in [2.24, 2.45) is 4.99 Å². The van der Waals surface area contributed by atoms with Gasteiger partial charge in [0.25, 0.3) is 0 Å². The first kappa shape index (κ1) is 11.9. The molecule has 1 aliphatic heterocycles. The highest BCUT2D eigenvalue weighted by Gasteiger charge is 2.28. The predicted octanol–water partition coefficient (Wildman–Crippen LogP) is 3.76. The lowest BCUT2D eigenvalue weighted by atomic mass is 9.90. The number of nitrogens with zero attached hydrogens (tertiary/aromatic N) is 1. The Morgan fingerprint density at radius 1 is 1.25 bits per heavy atom. The molecule has 2 aromatic rings. The number of allylic oxidation sites excluding steroid dienone is 3. The number of hydrogen-bond acceptors (Lipinski definition) is 2. The van der Waals surface area contributed by atoms with Crippen LogP contribution in [0.1, 0.15) is 17.7 Å². The fourth-order valence-corrected chi connectivity index (χ4v) is 3.25. The number of H-pyrrole nitrogens is 1. The van der Waals surface area contributed by atoms with Crippen LogP contribution in [-0.4, -0.2) is 15.4 Å². The van der Waals surface area contributed by atoms with Gasteiger partial charge in [0, 0.05) is 22.9 Å². The average Bonchev–Trinajstić information content (AvgIpc) is 2.68. The van der Waals surface area contributed by atoms with Gasteiger partial charge in [-0.25, -0.2) is 4.99 Å². The van der Waals surface area contributed by atoms with E-state index < -0.39 is 0 Å². The van der Waals surface area contributed by atoms with E-state index in [1.54, 1.807) is 0 Å². The number of carbonyl (C=O) groups is 1. The Balaban J connectivity index is 2.05. The lowest BCUT2D eigenvalue weighted by Crippen LogP contribution is -2.14. The first-order valence-corrected chi connectivity index (χ1v) is 7.30. The highest BCUT2D eigenvalue weighted by molar-refractivity contribution is 9.18. The van der Waals surface area contributed by atoms with Crippen molar-refractivity contribution in [3.05, 3.63) is 53.2 Å². The van der Waals surface area contributed by atoms with Crippen LogP contribution in [0.15, 0.2) is 47.0 Å². The lowest BCUT2D eigenvalue weighted by molar-refractivity contribution is -0.115. The summed E-state index contributed by atoms with van der Waals surface area (Å²) >= 11 is 3.42. The molecule has 0 unspecified atom stereocenters. The molecule has 98 valence electrons. The van der Waals surface area contributed by atoms with E-state index in [2.05, 4.69) is 32.0 Å². The number of ketones is 1. The molecule has 0 bridgehead atoms. The molecule has 0 spiro atoms. The fraction of sp³-hybridized carbons (Fsp3) is 0.125. The van der Waals surface area contributed by atoms with Crippen molar-refractivity contribution in [3.63, 3.8) is 0 Å². The zero-order valence-electron chi connectivity index (χ0n) is 10.6. The topological polar surface area (TPSA) is 45.2 Å². The number of aromatic amines is 1. The molecule has 4 heteroatoms. The summed E-state index contributed by atoms with van der Waals surface area (Å²) in [5, 5.41) is 1.12. The zero-order chi connectivity index (χ0) is 13.7. The lowest BCUT2D eigenvalue weighted by Gasteiger charge is -2.15. The molecule has 1 N–H and O–H groups in total. The maximum absolute atomic E-state index is 12.4. The molecule has 1 aliphatic carbocycles. The van der Waals surface area contributed by atoms with E-state index in [0.29, 0.717) is 12.8 Å². The number of halogens is 1. The van der Waals surface area contributed by atoms with Gasteiger partial charge < -0.3 is 4.98 Å². The Labute approximate surface area is 124 Å². The number of Topliss-reactive ketones (excluding diaryl/α,β-unsaturated/α-hetero) is 1. The van der Waals surface area contributed by atoms with Gasteiger partial charge in [0.05, 0.1) is 11.4 Å². The van der Waals surface area contributed by atoms with E-state index >= 15 is 0 Å². The number of aromatic nitrogens is 1. The minimum Gasteiger partial charge on any atom is -0.353 e. The van der Waals surface area contributed by atoms with Crippen molar-refractivity contribution in [3.8, 4) is 0 Å². The van der Waals surface area contributed by atoms with E-state index in [1.807, 2.05) is 30.4 Å². The van der Waals surface area contributed by atoms with Crippen LogP contribution in [0.25, 0.3) is 16.6 Å². The SMILES string of the molecule is O=C1Cc2c([nH]c3ccccc23)C2=C1CC=CC(Br)=N2. The average molecular weight is 327 g/mol. The van der Waals surface area contributed by atoms with Crippen molar-refractivity contribution >= 4 is 42.9 Å². The summed E-state index contributed by atoms with van der Waals surface area (Å²) in [6, 6.07) is 8.08. The molecular weight excluding hydrogens is 316 g/mol. The van der Waals surface area contributed by atoms with Gasteiger partial charge >= 0.3 is 0 Å². The number of hydrogen-bond donors (Lipinski definition) is 1. The Morgan fingerprint density at radius 3 is 3.00 bits per heavy atom. The van der Waals surface area contributed by atoms with Crippen LogP contribution in [0.5, 0.6) is 0 Å². The minimum absolute atomic E-state index is 0.174. The van der Waals surface area contributed by atoms with Crippen LogP contribution in [0.3, 0.4) is 0 Å². The second-order valence-electron chi connectivity index (χ2n) is 4.99. The smallest absolute Gasteiger partial charge is 0.165 e. The first-order valence-electron chi connectivity index (χ1n) is 6.51. The Hall–Kier alpha value is -1.94. The first-order chi connectivity index (χ1) is 9.74. The maximum Gasteiger partial charge on any atom is 0.165 e. The summed E-state index contributed by atoms with van der Waals surface area (Å²) in [7, 11) is 0. The van der Waals surface area contributed by atoms with E-state index in [4.69, 9.17) is 0 Å². The molecule has 2 aliphatic rings. The highest BCUT2D eigenvalue weighted by atomic mass is 79.9. The van der Waals surface area contributed by atoms with E-state index in [1.165, 1.54) is 0 Å². The van der Waals surface area contributed by atoms with E-state index in [0.717, 1.165) is 38.1 Å². The van der Waals surface area contributed by atoms with Gasteiger partial charge in [-0.3, -0.25) is 4.79 Å². The van der Waals surface area contributed by atoms with Crippen molar-refractivity contribution in [1.29, 1.82) is 0 Å². The van der Waals surface area contributed by atoms with Gasteiger partial charge in [-0.05, 0) is 40.1 Å². The summed E-state index contributed by atoms with van der Waals surface area (Å²) in [6.45, 7) is 0. The fourth-order valence-electron chi connectivity index (χ4n) is 2.89. The number of para-hydroxylation sites is 1. The third-order valence-electron chi connectivity index (χ3n) is 3.81. The predicted molar refractivity (Wildman–Crippen MR) is 84.0 cm³/mol. The van der Waals surface area contributed by atoms with Gasteiger partial charge in [-0.1, -0.05) is 24.3 Å². The van der Waals surface area contributed by atoms with Crippen LogP contribution >= 0.6 is 15.9 Å². The van der Waals surface area contributed by atoms with Crippen molar-refractivity contribution in [2.45, 2.75) is 12.8 Å². The monoisotopic (exact) mass is 326 g/mol. The van der Waals surface area contributed by atoms with Crippen LogP contribution in [0.4, 0.5) is 0 Å². The number of fused-ring (bicyclic) bond motifs is 4. The largest absolute Gasteiger partial charge is 0.353 e. The van der Waals surface area contributed by atoms with Crippen LogP contribution in [-0.2, 0) is 11.2 Å². The number of rotatable bonds is 0. The van der Waals surface area contributed by atoms with Crippen LogP contribution in [0.2, 0.25) is 0 Å². The summed E-state index contributed by atoms with van der Waals surface area (Å²) in [4.78, 5) is 20.4. The quantitative estimate of drug-likeness (QED) is 0.787. The summed E-state index contributed by atoms with van der Waals surface area (Å²) < 4.78 is 0.752. The summed E-state index contributed by atoms with van der Waals surface area (Å²) in [5.41, 5.74) is 4.69. The van der Waals surface area contributed by atoms with Gasteiger partial charge in [0.15, 0.2) is 5.78 Å². The molecule has 0 atom stereocenters. The minimum atomic E-state index is 0.174. The molecule has 1 aromatic heterocycles. The van der Waals surface area contributed by atoms with Crippen LogP contribution < -0.4 is 0 Å². The Kier molecular flexibility index (Phi) is 2.54. The van der Waals surface area contributed by atoms with Gasteiger partial charge in [-0.15, -0.1) is 0 Å². The molecule has 0 saturated carbocycles. The Bertz CT molecular complexity index is 839. The number of benzene rings is 1. The van der Waals surface area contributed by atoms with Crippen molar-refractivity contribution in [2.75, 3.05) is 0 Å². The Morgan fingerprint density at radius 2 is 2.10 bits per heavy atom. The molecule has 3 nitrogen and oxygen atoms in total. The highest BCUT2D eigenvalue weighted by Crippen LogP contribution is 2.37. The van der Waals surface area contributed by atoms with Crippen molar-refractivity contribution < 1.29 is 4.79 Å². The molecule has 20 heavy (non-hydrogen) atoms. The van der Waals surface area contributed by atoms with Gasteiger partial charge in [-0.2, -0.15) is 0 Å². The van der Waals surface area contributed by atoms with Crippen molar-refractivity contribution in [1.82, 2.24) is 4.98 Å². The van der Waals surface area contributed by atoms with Gasteiger partial charge in [0.1, 0.15) is 4.62 Å². The molecular formula is C16H11BrN2O. The second kappa shape index (κ2) is 4.28. The number of nitrogens with one attached hydrogen (secondary N) is 1. The molecule has 4 rings (SSSR count). The molecule has 2 heterocycles. The maximum atomic E-state index is 12.4. The molecule has 1 aromatic carbocycles. The molecule has 0 saturated heterocycles. The molecule has 0 fully saturated rings. The zero-order valence-corrected chi connectivity index (χ0v) is 12.2. The number of aliphatic imine (C=N–C) groups is 1. The second-order valence-corrected chi connectivity index (χ2v) is 5.80. The molecule has 0 amide bonds. The van der Waals surface area contributed by atoms with E-state index in [-0.39, 0.29) is 5.78 Å². The van der Waals surface area contributed by atoms with Gasteiger partial charge in [0.2, 0.25) is 0 Å². The normalized spacial score (nSPS) is 17.9. The third kappa shape index (κ3) is 1.64. The molecule has 0 radical (unpaired) electrons. The summed E-state index contributed by atoms with van der Waals surface area (Å²) in [6.07, 6.45) is 4.97.